The summed E-state index contributed by atoms with van der Waals surface area (Å²) in [6.07, 6.45) is 3.65. The quantitative estimate of drug-likeness (QED) is 0.130. The number of alkyl halides is 3. The number of carbonyl (C=O) groups is 4. The topological polar surface area (TPSA) is 139 Å². The lowest BCUT2D eigenvalue weighted by molar-refractivity contribution is -0.141. The third kappa shape index (κ3) is 7.06. The number of allylic oxidation sites excluding steroid dienone is 1. The molecule has 2 fully saturated rings. The van der Waals surface area contributed by atoms with E-state index >= 15 is 0 Å². The van der Waals surface area contributed by atoms with Crippen LogP contribution in [0.25, 0.3) is 22.0 Å². The summed E-state index contributed by atoms with van der Waals surface area (Å²) in [5.41, 5.74) is 1.97. The average molecular weight is 730 g/mol. The molecule has 1 saturated carbocycles. The summed E-state index contributed by atoms with van der Waals surface area (Å²) in [5.74, 6) is -1.14. The summed E-state index contributed by atoms with van der Waals surface area (Å²) in [7, 11) is 0. The third-order valence-corrected chi connectivity index (χ3v) is 10.6. The summed E-state index contributed by atoms with van der Waals surface area (Å²) in [5, 5.41) is 6.17. The van der Waals surface area contributed by atoms with E-state index in [-0.39, 0.29) is 42.9 Å². The van der Waals surface area contributed by atoms with Crippen molar-refractivity contribution in [3.8, 4) is 11.1 Å². The Bertz CT molecular complexity index is 2130. The molecule has 53 heavy (non-hydrogen) atoms. The van der Waals surface area contributed by atoms with Crippen LogP contribution in [0.5, 0.6) is 0 Å². The van der Waals surface area contributed by atoms with Crippen molar-refractivity contribution in [1.82, 2.24) is 29.7 Å². The number of benzene rings is 1. The number of pyridine rings is 1. The predicted molar refractivity (Wildman–Crippen MR) is 193 cm³/mol. The van der Waals surface area contributed by atoms with Crippen molar-refractivity contribution in [2.45, 2.75) is 85.1 Å². The number of Topliss-reactive ketones (excluding diaryl/α,β-unsaturated/α-hetero) is 1. The number of aryl methyl sites for hydroxylation is 2. The highest BCUT2D eigenvalue weighted by molar-refractivity contribution is 6.09. The van der Waals surface area contributed by atoms with Crippen molar-refractivity contribution in [2.24, 2.45) is 11.3 Å². The minimum Gasteiger partial charge on any atom is -0.355 e. The van der Waals surface area contributed by atoms with Gasteiger partial charge < -0.3 is 20.1 Å². The first-order chi connectivity index (χ1) is 25.1. The Kier molecular flexibility index (Phi) is 10.0. The van der Waals surface area contributed by atoms with Crippen LogP contribution >= 0.6 is 0 Å². The van der Waals surface area contributed by atoms with Gasteiger partial charge in [-0.3, -0.25) is 19.2 Å². The molecule has 4 aromatic rings. The molecule has 278 valence electrons. The molecule has 1 aromatic carbocycles. The Hall–Kier alpha value is -5.40. The number of nitrogens with one attached hydrogen (secondary N) is 2. The Morgan fingerprint density at radius 1 is 1.09 bits per heavy atom. The van der Waals surface area contributed by atoms with Gasteiger partial charge >= 0.3 is 6.18 Å². The van der Waals surface area contributed by atoms with Gasteiger partial charge in [-0.15, -0.1) is 6.58 Å². The number of anilines is 1. The van der Waals surface area contributed by atoms with Gasteiger partial charge in [0.1, 0.15) is 29.9 Å². The molecule has 2 unspecified atom stereocenters. The lowest BCUT2D eigenvalue weighted by atomic mass is 9.95. The molecule has 3 amide bonds. The zero-order chi connectivity index (χ0) is 38.4. The zero-order valence-electron chi connectivity index (χ0n) is 30.3. The highest BCUT2D eigenvalue weighted by atomic mass is 19.4. The summed E-state index contributed by atoms with van der Waals surface area (Å²) in [6.45, 7) is 12.5. The van der Waals surface area contributed by atoms with Crippen LogP contribution in [-0.4, -0.2) is 66.6 Å². The number of halogens is 3. The van der Waals surface area contributed by atoms with E-state index < -0.39 is 41.2 Å². The van der Waals surface area contributed by atoms with E-state index in [9.17, 15) is 32.3 Å². The molecule has 1 aliphatic carbocycles. The minimum absolute atomic E-state index is 0.0735. The third-order valence-electron chi connectivity index (χ3n) is 10.6. The molecule has 1 aliphatic heterocycles. The summed E-state index contributed by atoms with van der Waals surface area (Å²) >= 11 is 0. The van der Waals surface area contributed by atoms with Crippen LogP contribution in [0.2, 0.25) is 0 Å². The molecule has 3 aromatic heterocycles. The van der Waals surface area contributed by atoms with Crippen LogP contribution in [0.15, 0.2) is 55.5 Å². The number of ketones is 1. The number of rotatable bonds is 12. The fourth-order valence-electron chi connectivity index (χ4n) is 7.81. The Morgan fingerprint density at radius 2 is 1.81 bits per heavy atom. The maximum absolute atomic E-state index is 14.6. The van der Waals surface area contributed by atoms with E-state index in [0.717, 1.165) is 22.8 Å². The molecule has 4 heterocycles. The number of hydrogen-bond acceptors (Lipinski definition) is 7. The molecule has 6 rings (SSSR count). The Morgan fingerprint density at radius 3 is 2.45 bits per heavy atom. The molecule has 1 saturated heterocycles. The molecule has 4 atom stereocenters. The zero-order valence-corrected chi connectivity index (χ0v) is 30.3. The number of amides is 3. The summed E-state index contributed by atoms with van der Waals surface area (Å²) in [6, 6.07) is 4.42. The number of fused-ring (bicyclic) bond motifs is 2. The van der Waals surface area contributed by atoms with E-state index in [1.165, 1.54) is 24.8 Å². The van der Waals surface area contributed by atoms with E-state index in [2.05, 4.69) is 32.2 Å². The van der Waals surface area contributed by atoms with Crippen LogP contribution < -0.4 is 10.6 Å². The lowest BCUT2D eigenvalue weighted by Crippen LogP contribution is -2.47. The van der Waals surface area contributed by atoms with Gasteiger partial charge in [0.15, 0.2) is 5.78 Å². The van der Waals surface area contributed by atoms with E-state index in [1.54, 1.807) is 36.2 Å². The lowest BCUT2D eigenvalue weighted by Gasteiger charge is -2.28. The second-order valence-electron chi connectivity index (χ2n) is 14.1. The van der Waals surface area contributed by atoms with Crippen molar-refractivity contribution >= 4 is 40.2 Å². The van der Waals surface area contributed by atoms with Crippen LogP contribution in [-0.2, 0) is 33.5 Å². The summed E-state index contributed by atoms with van der Waals surface area (Å²) in [4.78, 5) is 67.9. The number of nitrogens with zero attached hydrogens (tertiary/aromatic N) is 5. The van der Waals surface area contributed by atoms with Crippen molar-refractivity contribution in [3.63, 3.8) is 0 Å². The van der Waals surface area contributed by atoms with Crippen molar-refractivity contribution < 1.29 is 32.3 Å². The monoisotopic (exact) mass is 729 g/mol. The van der Waals surface area contributed by atoms with Crippen LogP contribution in [0, 0.1) is 25.2 Å². The number of piperidine rings is 1. The van der Waals surface area contributed by atoms with E-state index in [4.69, 9.17) is 0 Å². The molecular formula is C39H42F3N7O4. The van der Waals surface area contributed by atoms with E-state index in [0.29, 0.717) is 47.1 Å². The average Bonchev–Trinajstić information content (AvgIpc) is 3.36. The maximum atomic E-state index is 14.6. The fourth-order valence-corrected chi connectivity index (χ4v) is 7.81. The van der Waals surface area contributed by atoms with Gasteiger partial charge in [-0.25, -0.2) is 15.0 Å². The number of hydrogen-bond donors (Lipinski definition) is 2. The Balaban J connectivity index is 1.38. The largest absolute Gasteiger partial charge is 0.433 e. The number of aromatic nitrogens is 4. The molecule has 0 bridgehead atoms. The molecule has 14 heteroatoms. The second-order valence-corrected chi connectivity index (χ2v) is 14.1. The van der Waals surface area contributed by atoms with Gasteiger partial charge in [0.25, 0.3) is 0 Å². The van der Waals surface area contributed by atoms with Crippen LogP contribution in [0.1, 0.15) is 73.0 Å². The molecule has 0 radical (unpaired) electrons. The fraction of sp³-hybridized carbons (Fsp3) is 0.410. The van der Waals surface area contributed by atoms with Gasteiger partial charge in [-0.05, 0) is 80.8 Å². The van der Waals surface area contributed by atoms with Gasteiger partial charge in [-0.1, -0.05) is 26.0 Å². The molecule has 11 nitrogen and oxygen atoms in total. The molecule has 2 N–H and O–H groups in total. The number of carbonyl (C=O) groups excluding carboxylic acids is 4. The predicted octanol–water partition coefficient (Wildman–Crippen LogP) is 6.22. The van der Waals surface area contributed by atoms with Crippen LogP contribution in [0.4, 0.5) is 19.0 Å². The van der Waals surface area contributed by atoms with Crippen molar-refractivity contribution in [1.29, 1.82) is 0 Å². The molecule has 0 spiro atoms. The van der Waals surface area contributed by atoms with Gasteiger partial charge in [0.2, 0.25) is 17.7 Å². The first kappa shape index (κ1) is 37.4. The molecular weight excluding hydrogens is 687 g/mol. The standard InChI is InChI=1S/C39H42F3N7O4/c1-7-9-25-13-26(27-16-43-24(6)44-17-27)14-28-29(23(5)50)18-48(34(25)28)19-33(52)49-30(15-38(22(4)35(38)49)20-45-32(51)10-8-2)37(53)47-36-21(3)11-12-31(46-36)39(40,41)42/h7,11-14,16-18,22,30,35H,1,8-10,15,19-20H2,2-6H3,(H,45,51)(H,46,47,53)/t22?,30-,35?,38+/m0/s1. The van der Waals surface area contributed by atoms with Crippen molar-refractivity contribution in [2.75, 3.05) is 11.9 Å². The molecule has 2 aliphatic rings. The smallest absolute Gasteiger partial charge is 0.355 e. The van der Waals surface area contributed by atoms with Gasteiger partial charge in [0, 0.05) is 59.5 Å². The van der Waals surface area contributed by atoms with Gasteiger partial charge in [0.05, 0.1) is 5.52 Å². The SMILES string of the molecule is C=CCc1cc(-c2cnc(C)nc2)cc2c(C(C)=O)cn(CC(=O)N3C4C(C)[C@]4(CNC(=O)CCC)C[C@H]3C(=O)Nc3nc(C(F)(F)F)ccc3C)c12. The van der Waals surface area contributed by atoms with Gasteiger partial charge in [-0.2, -0.15) is 13.2 Å². The maximum Gasteiger partial charge on any atom is 0.433 e. The Labute approximate surface area is 305 Å². The van der Waals surface area contributed by atoms with E-state index in [1.807, 2.05) is 26.0 Å². The van der Waals surface area contributed by atoms with Crippen molar-refractivity contribution in [3.05, 3.63) is 83.7 Å². The first-order valence-electron chi connectivity index (χ1n) is 17.6. The highest BCUT2D eigenvalue weighted by Gasteiger charge is 2.72. The minimum atomic E-state index is -4.72. The summed E-state index contributed by atoms with van der Waals surface area (Å²) < 4.78 is 42.3. The normalized spacial score (nSPS) is 20.6. The van der Waals surface area contributed by atoms with Crippen LogP contribution in [0.3, 0.4) is 0 Å². The number of likely N-dealkylation sites (tertiary alicyclic amines) is 1. The highest BCUT2D eigenvalue weighted by Crippen LogP contribution is 2.64. The first-order valence-corrected chi connectivity index (χ1v) is 17.6. The second kappa shape index (κ2) is 14.2.